The minimum Gasteiger partial charge on any atom is -0.352 e. The SMILES string of the molecule is CCc1cc2c(N3CCN(C(=O)c4ccc(-n5nnc6ccccc65)cc4)CC3)ncnc2s1. The Morgan fingerprint density at radius 2 is 1.79 bits per heavy atom. The normalized spacial score (nSPS) is 14.3. The zero-order chi connectivity index (χ0) is 23.1. The van der Waals surface area contributed by atoms with E-state index in [4.69, 9.17) is 0 Å². The lowest BCUT2D eigenvalue weighted by Gasteiger charge is -2.35. The van der Waals surface area contributed by atoms with E-state index in [0.29, 0.717) is 18.7 Å². The fourth-order valence-electron chi connectivity index (χ4n) is 4.43. The molecule has 1 aliphatic heterocycles. The summed E-state index contributed by atoms with van der Waals surface area (Å²) in [5.74, 6) is 1.02. The summed E-state index contributed by atoms with van der Waals surface area (Å²) >= 11 is 1.73. The molecular formula is C25H23N7OS. The van der Waals surface area contributed by atoms with Gasteiger partial charge in [-0.15, -0.1) is 16.4 Å². The van der Waals surface area contributed by atoms with Crippen LogP contribution in [0.5, 0.6) is 0 Å². The predicted octanol–water partition coefficient (Wildman–Crippen LogP) is 3.95. The second kappa shape index (κ2) is 8.49. The molecule has 0 atom stereocenters. The largest absolute Gasteiger partial charge is 0.352 e. The smallest absolute Gasteiger partial charge is 0.253 e. The summed E-state index contributed by atoms with van der Waals surface area (Å²) in [6, 6.07) is 17.6. The number of aryl methyl sites for hydroxylation is 1. The monoisotopic (exact) mass is 469 g/mol. The Bertz CT molecular complexity index is 1480. The predicted molar refractivity (Wildman–Crippen MR) is 134 cm³/mol. The van der Waals surface area contributed by atoms with Gasteiger partial charge in [0, 0.05) is 36.6 Å². The molecule has 6 rings (SSSR count). The quantitative estimate of drug-likeness (QED) is 0.397. The number of para-hydroxylation sites is 1. The van der Waals surface area contributed by atoms with Gasteiger partial charge in [-0.2, -0.15) is 0 Å². The van der Waals surface area contributed by atoms with Gasteiger partial charge in [-0.05, 0) is 48.9 Å². The third kappa shape index (κ3) is 3.58. The molecule has 170 valence electrons. The summed E-state index contributed by atoms with van der Waals surface area (Å²) in [7, 11) is 0. The number of anilines is 1. The average molecular weight is 470 g/mol. The number of nitrogens with zero attached hydrogens (tertiary/aromatic N) is 7. The van der Waals surface area contributed by atoms with Crippen molar-refractivity contribution in [2.24, 2.45) is 0 Å². The highest BCUT2D eigenvalue weighted by atomic mass is 32.1. The van der Waals surface area contributed by atoms with Crippen molar-refractivity contribution < 1.29 is 4.79 Å². The first-order valence-electron chi connectivity index (χ1n) is 11.4. The van der Waals surface area contributed by atoms with E-state index in [0.717, 1.165) is 52.3 Å². The number of fused-ring (bicyclic) bond motifs is 2. The highest BCUT2D eigenvalue weighted by molar-refractivity contribution is 7.18. The summed E-state index contributed by atoms with van der Waals surface area (Å²) in [6.07, 6.45) is 2.64. The van der Waals surface area contributed by atoms with E-state index in [9.17, 15) is 4.79 Å². The molecule has 0 N–H and O–H groups in total. The van der Waals surface area contributed by atoms with Gasteiger partial charge in [0.05, 0.1) is 16.6 Å². The molecule has 0 saturated carbocycles. The van der Waals surface area contributed by atoms with Crippen molar-refractivity contribution in [1.82, 2.24) is 29.9 Å². The number of carbonyl (C=O) groups is 1. The number of piperazine rings is 1. The van der Waals surface area contributed by atoms with Gasteiger partial charge >= 0.3 is 0 Å². The lowest BCUT2D eigenvalue weighted by Crippen LogP contribution is -2.49. The van der Waals surface area contributed by atoms with Crippen LogP contribution in [0, 0.1) is 0 Å². The molecule has 0 unspecified atom stereocenters. The number of thiophene rings is 1. The third-order valence-corrected chi connectivity index (χ3v) is 7.47. The molecule has 4 heterocycles. The maximum atomic E-state index is 13.2. The Hall–Kier alpha value is -3.85. The fourth-order valence-corrected chi connectivity index (χ4v) is 5.36. The first-order valence-corrected chi connectivity index (χ1v) is 12.2. The van der Waals surface area contributed by atoms with Gasteiger partial charge in [0.1, 0.15) is 22.5 Å². The Morgan fingerprint density at radius 3 is 2.59 bits per heavy atom. The van der Waals surface area contributed by atoms with E-state index in [-0.39, 0.29) is 5.91 Å². The van der Waals surface area contributed by atoms with Gasteiger partial charge in [0.25, 0.3) is 5.91 Å². The van der Waals surface area contributed by atoms with Gasteiger partial charge < -0.3 is 9.80 Å². The molecule has 34 heavy (non-hydrogen) atoms. The van der Waals surface area contributed by atoms with Crippen molar-refractivity contribution in [1.29, 1.82) is 0 Å². The highest BCUT2D eigenvalue weighted by Crippen LogP contribution is 2.31. The van der Waals surface area contributed by atoms with Crippen molar-refractivity contribution in [3.8, 4) is 5.69 Å². The highest BCUT2D eigenvalue weighted by Gasteiger charge is 2.24. The van der Waals surface area contributed by atoms with Crippen LogP contribution in [0.2, 0.25) is 0 Å². The molecule has 3 aromatic heterocycles. The fraction of sp³-hybridized carbons (Fsp3) is 0.240. The molecule has 0 aliphatic carbocycles. The van der Waals surface area contributed by atoms with Crippen LogP contribution in [0.4, 0.5) is 5.82 Å². The lowest BCUT2D eigenvalue weighted by molar-refractivity contribution is 0.0746. The molecule has 2 aromatic carbocycles. The number of hydrogen-bond acceptors (Lipinski definition) is 7. The number of rotatable bonds is 4. The van der Waals surface area contributed by atoms with Gasteiger partial charge in [0.2, 0.25) is 0 Å². The van der Waals surface area contributed by atoms with E-state index in [2.05, 4.69) is 38.2 Å². The van der Waals surface area contributed by atoms with Gasteiger partial charge in [0.15, 0.2) is 0 Å². The molecular weight excluding hydrogens is 446 g/mol. The molecule has 0 radical (unpaired) electrons. The molecule has 1 fully saturated rings. The Balaban J connectivity index is 1.16. The molecule has 1 amide bonds. The number of benzene rings is 2. The molecule has 5 aromatic rings. The van der Waals surface area contributed by atoms with Gasteiger partial charge in [-0.1, -0.05) is 24.3 Å². The number of aromatic nitrogens is 5. The zero-order valence-electron chi connectivity index (χ0n) is 18.8. The summed E-state index contributed by atoms with van der Waals surface area (Å²) in [5.41, 5.74) is 3.34. The van der Waals surface area contributed by atoms with Crippen LogP contribution < -0.4 is 4.90 Å². The van der Waals surface area contributed by atoms with Crippen molar-refractivity contribution in [3.05, 3.63) is 71.4 Å². The minimum absolute atomic E-state index is 0.0475. The van der Waals surface area contributed by atoms with Crippen LogP contribution in [0.1, 0.15) is 22.2 Å². The molecule has 9 heteroatoms. The summed E-state index contributed by atoms with van der Waals surface area (Å²) < 4.78 is 1.79. The average Bonchev–Trinajstić information content (AvgIpc) is 3.53. The number of hydrogen-bond donors (Lipinski definition) is 0. The van der Waals surface area contributed by atoms with Gasteiger partial charge in [-0.25, -0.2) is 14.6 Å². The second-order valence-corrected chi connectivity index (χ2v) is 9.41. The Morgan fingerprint density at radius 1 is 1.00 bits per heavy atom. The van der Waals surface area contributed by atoms with Crippen LogP contribution in [-0.2, 0) is 6.42 Å². The van der Waals surface area contributed by atoms with E-state index in [1.165, 1.54) is 4.88 Å². The van der Waals surface area contributed by atoms with Crippen LogP contribution in [0.25, 0.3) is 26.9 Å². The van der Waals surface area contributed by atoms with Crippen LogP contribution >= 0.6 is 11.3 Å². The number of amides is 1. The molecule has 8 nitrogen and oxygen atoms in total. The van der Waals surface area contributed by atoms with Crippen molar-refractivity contribution in [2.75, 3.05) is 31.1 Å². The maximum Gasteiger partial charge on any atom is 0.253 e. The van der Waals surface area contributed by atoms with E-state index < -0.39 is 0 Å². The van der Waals surface area contributed by atoms with Crippen molar-refractivity contribution in [2.45, 2.75) is 13.3 Å². The van der Waals surface area contributed by atoms with Crippen molar-refractivity contribution >= 4 is 44.3 Å². The molecule has 0 spiro atoms. The van der Waals surface area contributed by atoms with Crippen LogP contribution in [0.3, 0.4) is 0 Å². The minimum atomic E-state index is 0.0475. The number of carbonyl (C=O) groups excluding carboxylic acids is 1. The summed E-state index contributed by atoms with van der Waals surface area (Å²) in [6.45, 7) is 4.97. The first-order chi connectivity index (χ1) is 16.7. The molecule has 0 bridgehead atoms. The Labute approximate surface area is 200 Å². The van der Waals surface area contributed by atoms with E-state index in [1.54, 1.807) is 22.3 Å². The third-order valence-electron chi connectivity index (χ3n) is 6.28. The standard InChI is InChI=1S/C25H23N7OS/c1-2-19-15-20-23(26-16-27-24(20)34-19)30-11-13-31(14-12-30)25(33)17-7-9-18(10-8-17)32-22-6-4-3-5-21(22)28-29-32/h3-10,15-16H,2,11-14H2,1H3. The zero-order valence-corrected chi connectivity index (χ0v) is 19.6. The molecule has 1 aliphatic rings. The van der Waals surface area contributed by atoms with Crippen LogP contribution in [-0.4, -0.2) is 61.9 Å². The molecule has 1 saturated heterocycles. The first kappa shape index (κ1) is 20.7. The second-order valence-electron chi connectivity index (χ2n) is 8.30. The Kier molecular flexibility index (Phi) is 5.18. The van der Waals surface area contributed by atoms with Crippen LogP contribution in [0.15, 0.2) is 60.9 Å². The van der Waals surface area contributed by atoms with E-state index >= 15 is 0 Å². The maximum absolute atomic E-state index is 13.2. The van der Waals surface area contributed by atoms with Crippen molar-refractivity contribution in [3.63, 3.8) is 0 Å². The van der Waals surface area contributed by atoms with E-state index in [1.807, 2.05) is 53.4 Å². The topological polar surface area (TPSA) is 80.0 Å². The summed E-state index contributed by atoms with van der Waals surface area (Å²) in [5, 5.41) is 9.57. The lowest BCUT2D eigenvalue weighted by atomic mass is 10.1. The van der Waals surface area contributed by atoms with Gasteiger partial charge in [-0.3, -0.25) is 4.79 Å². The summed E-state index contributed by atoms with van der Waals surface area (Å²) in [4.78, 5) is 28.7.